The maximum atomic E-state index is 12.2. The number of carbonyl (C=O) groups is 2. The van der Waals surface area contributed by atoms with E-state index in [-0.39, 0.29) is 12.2 Å². The molecule has 0 bridgehead atoms. The molecule has 2 aromatic rings. The molecule has 1 atom stereocenters. The Kier molecular flexibility index (Phi) is 2.49. The molecule has 1 aromatic carbocycles. The van der Waals surface area contributed by atoms with Gasteiger partial charge in [0.25, 0.3) is 0 Å². The third-order valence-corrected chi connectivity index (χ3v) is 4.09. The van der Waals surface area contributed by atoms with Crippen LogP contribution in [0.25, 0.3) is 10.9 Å². The molecule has 4 nitrogen and oxygen atoms in total. The molecule has 0 fully saturated rings. The summed E-state index contributed by atoms with van der Waals surface area (Å²) < 4.78 is 0. The molecule has 0 amide bonds. The molecular weight excluding hydrogens is 242 g/mol. The largest absolute Gasteiger partial charge is 0.481 e. The Morgan fingerprint density at radius 2 is 2.05 bits per heavy atom. The molecule has 19 heavy (non-hydrogen) atoms. The van der Waals surface area contributed by atoms with Crippen molar-refractivity contribution in [3.05, 3.63) is 34.5 Å². The van der Waals surface area contributed by atoms with E-state index < -0.39 is 11.9 Å². The minimum Gasteiger partial charge on any atom is -0.481 e. The number of aromatic nitrogens is 1. The van der Waals surface area contributed by atoms with E-state index in [2.05, 4.69) is 4.98 Å². The number of carboxylic acids is 1. The molecule has 1 aromatic heterocycles. The van der Waals surface area contributed by atoms with Crippen molar-refractivity contribution < 1.29 is 14.7 Å². The zero-order chi connectivity index (χ0) is 13.7. The number of fused-ring (bicyclic) bond motifs is 3. The van der Waals surface area contributed by atoms with Crippen molar-refractivity contribution in [3.8, 4) is 0 Å². The molecule has 98 valence electrons. The zero-order valence-electron chi connectivity index (χ0n) is 10.9. The highest BCUT2D eigenvalue weighted by atomic mass is 16.4. The number of H-pyrrole nitrogens is 1. The second-order valence-electron chi connectivity index (χ2n) is 5.28. The smallest absolute Gasteiger partial charge is 0.307 e. The van der Waals surface area contributed by atoms with Crippen molar-refractivity contribution in [2.75, 3.05) is 0 Å². The Balaban J connectivity index is 2.24. The summed E-state index contributed by atoms with van der Waals surface area (Å²) >= 11 is 0. The van der Waals surface area contributed by atoms with Crippen molar-refractivity contribution in [1.82, 2.24) is 4.98 Å². The standard InChI is InChI=1S/C15H15NO3/c1-7-3-4-10-13-11(16-14(10)8(7)2)5-9(15(18)19)6-12(13)17/h3-4,9,16H,5-6H2,1-2H3,(H,18,19). The van der Waals surface area contributed by atoms with Crippen LogP contribution in [-0.4, -0.2) is 21.8 Å². The molecule has 0 radical (unpaired) electrons. The molecule has 1 unspecified atom stereocenters. The molecule has 0 spiro atoms. The maximum absolute atomic E-state index is 12.2. The fraction of sp³-hybridized carbons (Fsp3) is 0.333. The number of aryl methyl sites for hydroxylation is 2. The topological polar surface area (TPSA) is 70.2 Å². The van der Waals surface area contributed by atoms with Crippen molar-refractivity contribution >= 4 is 22.7 Å². The van der Waals surface area contributed by atoms with Gasteiger partial charge in [0.1, 0.15) is 0 Å². The number of rotatable bonds is 1. The monoisotopic (exact) mass is 257 g/mol. The van der Waals surface area contributed by atoms with Crippen LogP contribution in [0, 0.1) is 19.8 Å². The van der Waals surface area contributed by atoms with Crippen molar-refractivity contribution in [2.45, 2.75) is 26.7 Å². The summed E-state index contributed by atoms with van der Waals surface area (Å²) in [5.74, 6) is -1.57. The van der Waals surface area contributed by atoms with Crippen LogP contribution < -0.4 is 0 Å². The number of carbonyl (C=O) groups excluding carboxylic acids is 1. The van der Waals surface area contributed by atoms with Gasteiger partial charge in [0.05, 0.1) is 5.92 Å². The first kappa shape index (κ1) is 12.0. The van der Waals surface area contributed by atoms with Gasteiger partial charge in [-0.25, -0.2) is 0 Å². The van der Waals surface area contributed by atoms with Gasteiger partial charge in [0.2, 0.25) is 0 Å². The van der Waals surface area contributed by atoms with Crippen LogP contribution in [0.3, 0.4) is 0 Å². The van der Waals surface area contributed by atoms with Gasteiger partial charge in [-0.15, -0.1) is 0 Å². The molecule has 0 saturated heterocycles. The van der Waals surface area contributed by atoms with E-state index in [9.17, 15) is 9.59 Å². The van der Waals surface area contributed by atoms with Crippen LogP contribution in [0.2, 0.25) is 0 Å². The Morgan fingerprint density at radius 3 is 2.74 bits per heavy atom. The van der Waals surface area contributed by atoms with Gasteiger partial charge in [0, 0.05) is 35.0 Å². The van der Waals surface area contributed by atoms with Crippen LogP contribution in [0.1, 0.15) is 33.6 Å². The number of aliphatic carboxylic acids is 1. The number of benzene rings is 1. The third-order valence-electron chi connectivity index (χ3n) is 4.09. The first-order chi connectivity index (χ1) is 8.99. The molecule has 4 heteroatoms. The predicted octanol–water partition coefficient (Wildman–Crippen LogP) is 2.61. The lowest BCUT2D eigenvalue weighted by molar-refractivity contribution is -0.141. The summed E-state index contributed by atoms with van der Waals surface area (Å²) in [4.78, 5) is 26.5. The predicted molar refractivity (Wildman–Crippen MR) is 71.6 cm³/mol. The summed E-state index contributed by atoms with van der Waals surface area (Å²) in [5.41, 5.74) is 4.70. The van der Waals surface area contributed by atoms with Crippen LogP contribution in [0.4, 0.5) is 0 Å². The highest BCUT2D eigenvalue weighted by molar-refractivity contribution is 6.11. The van der Waals surface area contributed by atoms with Gasteiger partial charge in [0.15, 0.2) is 5.78 Å². The van der Waals surface area contributed by atoms with Crippen molar-refractivity contribution in [3.63, 3.8) is 0 Å². The van der Waals surface area contributed by atoms with Gasteiger partial charge in [-0.1, -0.05) is 12.1 Å². The zero-order valence-corrected chi connectivity index (χ0v) is 10.9. The van der Waals surface area contributed by atoms with Crippen LogP contribution in [0.5, 0.6) is 0 Å². The summed E-state index contributed by atoms with van der Waals surface area (Å²) in [5, 5.41) is 10.0. The van der Waals surface area contributed by atoms with Crippen molar-refractivity contribution in [1.29, 1.82) is 0 Å². The molecule has 0 aliphatic heterocycles. The average molecular weight is 257 g/mol. The van der Waals surface area contributed by atoms with E-state index >= 15 is 0 Å². The van der Waals surface area contributed by atoms with Gasteiger partial charge in [-0.05, 0) is 25.0 Å². The van der Waals surface area contributed by atoms with Gasteiger partial charge < -0.3 is 10.1 Å². The summed E-state index contributed by atoms with van der Waals surface area (Å²) in [7, 11) is 0. The summed E-state index contributed by atoms with van der Waals surface area (Å²) in [6.07, 6.45) is 0.506. The fourth-order valence-corrected chi connectivity index (χ4v) is 2.85. The highest BCUT2D eigenvalue weighted by Gasteiger charge is 2.32. The Morgan fingerprint density at radius 1 is 1.32 bits per heavy atom. The molecular formula is C15H15NO3. The SMILES string of the molecule is Cc1ccc2c3c([nH]c2c1C)CC(C(=O)O)CC3=O. The van der Waals surface area contributed by atoms with E-state index in [1.54, 1.807) is 0 Å². The fourth-order valence-electron chi connectivity index (χ4n) is 2.85. The normalized spacial score (nSPS) is 18.6. The number of ketones is 1. The minimum absolute atomic E-state index is 0.0665. The average Bonchev–Trinajstić information content (AvgIpc) is 2.73. The minimum atomic E-state index is -0.898. The van der Waals surface area contributed by atoms with E-state index in [0.717, 1.165) is 27.7 Å². The maximum Gasteiger partial charge on any atom is 0.307 e. The lowest BCUT2D eigenvalue weighted by atomic mass is 9.86. The Hall–Kier alpha value is -2.10. The second kappa shape index (κ2) is 3.95. The lowest BCUT2D eigenvalue weighted by Crippen LogP contribution is -2.25. The van der Waals surface area contributed by atoms with Crippen LogP contribution in [0.15, 0.2) is 12.1 Å². The van der Waals surface area contributed by atoms with E-state index in [1.165, 1.54) is 0 Å². The number of carboxylic acid groups (broad SMARTS) is 1. The van der Waals surface area contributed by atoms with Gasteiger partial charge in [-0.2, -0.15) is 0 Å². The molecule has 1 heterocycles. The lowest BCUT2D eigenvalue weighted by Gasteiger charge is -2.17. The highest BCUT2D eigenvalue weighted by Crippen LogP contribution is 2.33. The van der Waals surface area contributed by atoms with E-state index in [1.807, 2.05) is 26.0 Å². The van der Waals surface area contributed by atoms with Gasteiger partial charge in [-0.3, -0.25) is 9.59 Å². The molecule has 1 aliphatic carbocycles. The Labute approximate surface area is 110 Å². The number of hydrogen-bond donors (Lipinski definition) is 2. The summed E-state index contributed by atoms with van der Waals surface area (Å²) in [6.45, 7) is 4.04. The quantitative estimate of drug-likeness (QED) is 0.825. The molecule has 3 rings (SSSR count). The number of Topliss-reactive ketones (excluding diaryl/α,β-unsaturated/α-hetero) is 1. The first-order valence-electron chi connectivity index (χ1n) is 6.35. The first-order valence-corrected chi connectivity index (χ1v) is 6.35. The van der Waals surface area contributed by atoms with E-state index in [4.69, 9.17) is 5.11 Å². The number of nitrogens with one attached hydrogen (secondary N) is 1. The van der Waals surface area contributed by atoms with Crippen molar-refractivity contribution in [2.24, 2.45) is 5.92 Å². The Bertz CT molecular complexity index is 712. The number of aromatic amines is 1. The van der Waals surface area contributed by atoms with Crippen LogP contribution in [-0.2, 0) is 11.2 Å². The second-order valence-corrected chi connectivity index (χ2v) is 5.28. The molecule has 1 aliphatic rings. The molecule has 2 N–H and O–H groups in total. The summed E-state index contributed by atoms with van der Waals surface area (Å²) in [6, 6.07) is 3.95. The third kappa shape index (κ3) is 1.67. The number of hydrogen-bond acceptors (Lipinski definition) is 2. The molecule has 0 saturated carbocycles. The van der Waals surface area contributed by atoms with Gasteiger partial charge >= 0.3 is 5.97 Å². The van der Waals surface area contributed by atoms with Crippen LogP contribution >= 0.6 is 0 Å². The van der Waals surface area contributed by atoms with E-state index in [0.29, 0.717) is 12.0 Å².